The molecule has 0 unspecified atom stereocenters. The average Bonchev–Trinajstić information content (AvgIpc) is 2.41. The third kappa shape index (κ3) is 3.96. The van der Waals surface area contributed by atoms with Gasteiger partial charge in [0, 0.05) is 0 Å². The molecule has 0 N–H and O–H groups in total. The van der Waals surface area contributed by atoms with Crippen LogP contribution in [0.25, 0.3) is 0 Å². The van der Waals surface area contributed by atoms with Crippen LogP contribution in [-0.2, 0) is 6.42 Å². The van der Waals surface area contributed by atoms with E-state index in [2.05, 4.69) is 34.6 Å². The Morgan fingerprint density at radius 1 is 0.684 bits per heavy atom. The van der Waals surface area contributed by atoms with Crippen LogP contribution < -0.4 is 0 Å². The summed E-state index contributed by atoms with van der Waals surface area (Å²) in [6.07, 6.45) is 9.22. The van der Waals surface area contributed by atoms with Gasteiger partial charge in [0.05, 0.1) is 0 Å². The van der Waals surface area contributed by atoms with Gasteiger partial charge in [0.2, 0.25) is 0 Å². The van der Waals surface area contributed by atoms with E-state index < -0.39 is 0 Å². The molecule has 0 amide bonds. The molecule has 1 radical (unpaired) electrons. The maximum Gasteiger partial charge on any atom is -0.0273 e. The number of unbranched alkanes of at least 4 members (excludes halogenated alkanes) is 4. The van der Waals surface area contributed by atoms with E-state index in [4.69, 9.17) is 6.58 Å². The molecular formula is C19H29. The van der Waals surface area contributed by atoms with E-state index in [1.54, 1.807) is 11.6 Å². The van der Waals surface area contributed by atoms with Gasteiger partial charge in [-0.05, 0) is 93.7 Å². The third-order valence-corrected chi connectivity index (χ3v) is 4.70. The van der Waals surface area contributed by atoms with Gasteiger partial charge in [-0.3, -0.25) is 0 Å². The first-order chi connectivity index (χ1) is 9.00. The van der Waals surface area contributed by atoms with Gasteiger partial charge in [-0.1, -0.05) is 25.5 Å². The highest BCUT2D eigenvalue weighted by Gasteiger charge is 2.11. The van der Waals surface area contributed by atoms with Crippen molar-refractivity contribution in [2.24, 2.45) is 0 Å². The maximum absolute atomic E-state index is 5.40. The highest BCUT2D eigenvalue weighted by atomic mass is 14.2. The zero-order valence-electron chi connectivity index (χ0n) is 13.4. The second-order valence-corrected chi connectivity index (χ2v) is 5.79. The van der Waals surface area contributed by atoms with Crippen molar-refractivity contribution in [1.29, 1.82) is 0 Å². The van der Waals surface area contributed by atoms with Crippen LogP contribution in [0.15, 0.2) is 6.08 Å². The molecule has 0 aliphatic carbocycles. The van der Waals surface area contributed by atoms with Crippen LogP contribution in [0.5, 0.6) is 0 Å². The minimum absolute atomic E-state index is 1.06. The summed E-state index contributed by atoms with van der Waals surface area (Å²) in [6.45, 7) is 16.7. The highest BCUT2D eigenvalue weighted by molar-refractivity contribution is 5.49. The normalized spacial score (nSPS) is 10.8. The molecule has 0 saturated heterocycles. The smallest absolute Gasteiger partial charge is 0.0273 e. The van der Waals surface area contributed by atoms with E-state index in [-0.39, 0.29) is 0 Å². The molecule has 0 atom stereocenters. The minimum atomic E-state index is 1.06. The molecule has 0 aliphatic rings. The fourth-order valence-electron chi connectivity index (χ4n) is 2.87. The van der Waals surface area contributed by atoms with Gasteiger partial charge in [0.1, 0.15) is 0 Å². The lowest BCUT2D eigenvalue weighted by Crippen LogP contribution is -2.03. The van der Waals surface area contributed by atoms with Crippen LogP contribution in [-0.4, -0.2) is 0 Å². The predicted octanol–water partition coefficient (Wildman–Crippen LogP) is 5.71. The fraction of sp³-hybridized carbons (Fsp3) is 0.579. The van der Waals surface area contributed by atoms with Gasteiger partial charge in [-0.25, -0.2) is 0 Å². The molecular weight excluding hydrogens is 228 g/mol. The first kappa shape index (κ1) is 16.0. The molecule has 1 aromatic carbocycles. The van der Waals surface area contributed by atoms with Gasteiger partial charge in [-0.15, -0.1) is 0 Å². The van der Waals surface area contributed by atoms with E-state index >= 15 is 0 Å². The Balaban J connectivity index is 2.66. The van der Waals surface area contributed by atoms with Crippen LogP contribution in [0.2, 0.25) is 0 Å². The summed E-state index contributed by atoms with van der Waals surface area (Å²) in [7, 11) is 0. The van der Waals surface area contributed by atoms with E-state index in [0.717, 1.165) is 6.42 Å². The van der Waals surface area contributed by atoms with Crippen molar-refractivity contribution in [3.05, 3.63) is 46.0 Å². The van der Waals surface area contributed by atoms with Crippen molar-refractivity contribution in [1.82, 2.24) is 0 Å². The summed E-state index contributed by atoms with van der Waals surface area (Å²) in [5.41, 5.74) is 9.04. The Morgan fingerprint density at radius 2 is 1.16 bits per heavy atom. The Kier molecular flexibility index (Phi) is 6.34. The Hall–Kier alpha value is -1.04. The van der Waals surface area contributed by atoms with Crippen LogP contribution in [0.3, 0.4) is 0 Å². The van der Waals surface area contributed by atoms with Crippen molar-refractivity contribution in [2.75, 3.05) is 0 Å². The first-order valence-corrected chi connectivity index (χ1v) is 7.60. The van der Waals surface area contributed by atoms with E-state index in [0.29, 0.717) is 0 Å². The number of benzene rings is 1. The SMILES string of the molecule is [CH]=CCCCCCCc1c(C)c(C)c(C)c(C)c1C. The van der Waals surface area contributed by atoms with Crippen molar-refractivity contribution in [3.63, 3.8) is 0 Å². The molecule has 0 bridgehead atoms. The minimum Gasteiger partial charge on any atom is -0.0845 e. The molecule has 0 aliphatic heterocycles. The first-order valence-electron chi connectivity index (χ1n) is 7.60. The summed E-state index contributed by atoms with van der Waals surface area (Å²) >= 11 is 0. The number of hydrogen-bond donors (Lipinski definition) is 0. The number of rotatable bonds is 7. The molecule has 0 fully saturated rings. The van der Waals surface area contributed by atoms with E-state index in [1.807, 2.05) is 0 Å². The highest BCUT2D eigenvalue weighted by Crippen LogP contribution is 2.27. The molecule has 0 nitrogen and oxygen atoms in total. The largest absolute Gasteiger partial charge is 0.0845 e. The van der Waals surface area contributed by atoms with Gasteiger partial charge in [0.25, 0.3) is 0 Å². The molecule has 105 valence electrons. The summed E-state index contributed by atoms with van der Waals surface area (Å²) in [6, 6.07) is 0. The van der Waals surface area contributed by atoms with Crippen LogP contribution >= 0.6 is 0 Å². The fourth-order valence-corrected chi connectivity index (χ4v) is 2.87. The van der Waals surface area contributed by atoms with E-state index in [9.17, 15) is 0 Å². The molecule has 1 aromatic rings. The predicted molar refractivity (Wildman–Crippen MR) is 85.8 cm³/mol. The lowest BCUT2D eigenvalue weighted by atomic mass is 9.87. The van der Waals surface area contributed by atoms with Gasteiger partial charge >= 0.3 is 0 Å². The second-order valence-electron chi connectivity index (χ2n) is 5.79. The van der Waals surface area contributed by atoms with Crippen molar-refractivity contribution >= 4 is 0 Å². The van der Waals surface area contributed by atoms with Gasteiger partial charge < -0.3 is 0 Å². The molecule has 0 heteroatoms. The quantitative estimate of drug-likeness (QED) is 0.549. The van der Waals surface area contributed by atoms with Gasteiger partial charge in [-0.2, -0.15) is 0 Å². The van der Waals surface area contributed by atoms with Crippen molar-refractivity contribution in [2.45, 2.75) is 73.1 Å². The lowest BCUT2D eigenvalue weighted by molar-refractivity contribution is 0.644. The molecule has 0 heterocycles. The molecule has 0 aromatic heterocycles. The summed E-state index contributed by atoms with van der Waals surface area (Å²) in [5.74, 6) is 0. The molecule has 0 saturated carbocycles. The van der Waals surface area contributed by atoms with Crippen LogP contribution in [0.4, 0.5) is 0 Å². The van der Waals surface area contributed by atoms with E-state index in [1.165, 1.54) is 59.9 Å². The summed E-state index contributed by atoms with van der Waals surface area (Å²) in [4.78, 5) is 0. The van der Waals surface area contributed by atoms with Crippen LogP contribution in [0, 0.1) is 41.2 Å². The lowest BCUT2D eigenvalue weighted by Gasteiger charge is -2.18. The molecule has 1 rings (SSSR count). The Morgan fingerprint density at radius 3 is 1.68 bits per heavy atom. The zero-order chi connectivity index (χ0) is 14.4. The average molecular weight is 257 g/mol. The zero-order valence-corrected chi connectivity index (χ0v) is 13.4. The molecule has 0 spiro atoms. The Bertz CT molecular complexity index is 409. The standard InChI is InChI=1S/C19H29/c1-7-8-9-10-11-12-13-19-17(5)15(3)14(2)16(4)18(19)6/h1,7H,8-13H2,2-6H3. The van der Waals surface area contributed by atoms with Crippen molar-refractivity contribution in [3.8, 4) is 0 Å². The second kappa shape index (κ2) is 7.53. The summed E-state index contributed by atoms with van der Waals surface area (Å²) in [5, 5.41) is 0. The third-order valence-electron chi connectivity index (χ3n) is 4.70. The number of hydrogen-bond acceptors (Lipinski definition) is 0. The van der Waals surface area contributed by atoms with Crippen molar-refractivity contribution < 1.29 is 0 Å². The molecule has 19 heavy (non-hydrogen) atoms. The monoisotopic (exact) mass is 257 g/mol. The van der Waals surface area contributed by atoms with Gasteiger partial charge in [0.15, 0.2) is 0 Å². The topological polar surface area (TPSA) is 0 Å². The van der Waals surface area contributed by atoms with Crippen LogP contribution in [0.1, 0.15) is 65.5 Å². The Labute approximate surface area is 119 Å². The summed E-state index contributed by atoms with van der Waals surface area (Å²) < 4.78 is 0. The number of allylic oxidation sites excluding steroid dienone is 1. The maximum atomic E-state index is 5.40.